The summed E-state index contributed by atoms with van der Waals surface area (Å²) < 4.78 is 5.17. The average molecular weight is 314 g/mol. The summed E-state index contributed by atoms with van der Waals surface area (Å²) in [6, 6.07) is 10.1. The molecule has 0 aliphatic heterocycles. The van der Waals surface area contributed by atoms with E-state index < -0.39 is 0 Å². The number of nitrogens with zero attached hydrogens (tertiary/aromatic N) is 3. The van der Waals surface area contributed by atoms with Crippen molar-refractivity contribution >= 4 is 11.6 Å². The van der Waals surface area contributed by atoms with Gasteiger partial charge in [-0.2, -0.15) is 0 Å². The van der Waals surface area contributed by atoms with Crippen LogP contribution in [0.1, 0.15) is 32.3 Å². The lowest BCUT2D eigenvalue weighted by Gasteiger charge is -2.22. The first kappa shape index (κ1) is 17.1. The molecule has 1 heterocycles. The fraction of sp³-hybridized carbons (Fsp3) is 0.444. The van der Waals surface area contributed by atoms with E-state index in [2.05, 4.69) is 46.2 Å². The van der Waals surface area contributed by atoms with E-state index in [9.17, 15) is 0 Å². The third-order valence-corrected chi connectivity index (χ3v) is 3.60. The fourth-order valence-corrected chi connectivity index (χ4v) is 2.43. The molecule has 0 radical (unpaired) electrons. The monoisotopic (exact) mass is 314 g/mol. The van der Waals surface area contributed by atoms with Crippen LogP contribution in [-0.4, -0.2) is 30.2 Å². The first-order valence-corrected chi connectivity index (χ1v) is 8.20. The molecule has 124 valence electrons. The maximum Gasteiger partial charge on any atom is 0.134 e. The van der Waals surface area contributed by atoms with E-state index in [1.54, 1.807) is 13.4 Å². The van der Waals surface area contributed by atoms with Crippen molar-refractivity contribution in [3.8, 4) is 5.75 Å². The molecule has 0 amide bonds. The van der Waals surface area contributed by atoms with Crippen molar-refractivity contribution in [2.24, 2.45) is 0 Å². The van der Waals surface area contributed by atoms with Gasteiger partial charge in [-0.1, -0.05) is 26.0 Å². The summed E-state index contributed by atoms with van der Waals surface area (Å²) in [4.78, 5) is 11.0. The third-order valence-electron chi connectivity index (χ3n) is 3.60. The smallest absolute Gasteiger partial charge is 0.134 e. The molecule has 23 heavy (non-hydrogen) atoms. The van der Waals surface area contributed by atoms with Crippen LogP contribution >= 0.6 is 0 Å². The van der Waals surface area contributed by atoms with Gasteiger partial charge in [-0.3, -0.25) is 0 Å². The maximum absolute atomic E-state index is 5.17. The minimum absolute atomic E-state index is 0.724. The molecule has 0 bridgehead atoms. The summed E-state index contributed by atoms with van der Waals surface area (Å²) in [7, 11) is 1.67. The number of rotatable bonds is 9. The summed E-state index contributed by atoms with van der Waals surface area (Å²) >= 11 is 0. The highest BCUT2D eigenvalue weighted by Crippen LogP contribution is 2.16. The van der Waals surface area contributed by atoms with E-state index in [0.717, 1.165) is 49.9 Å². The van der Waals surface area contributed by atoms with E-state index in [-0.39, 0.29) is 0 Å². The zero-order valence-corrected chi connectivity index (χ0v) is 14.2. The van der Waals surface area contributed by atoms with Gasteiger partial charge in [-0.15, -0.1) is 0 Å². The van der Waals surface area contributed by atoms with Crippen LogP contribution < -0.4 is 15.0 Å². The second kappa shape index (κ2) is 8.98. The maximum atomic E-state index is 5.17. The van der Waals surface area contributed by atoms with Crippen molar-refractivity contribution in [1.82, 2.24) is 9.97 Å². The number of hydrogen-bond acceptors (Lipinski definition) is 5. The van der Waals surface area contributed by atoms with Crippen LogP contribution in [0.4, 0.5) is 11.6 Å². The topological polar surface area (TPSA) is 50.3 Å². The first-order chi connectivity index (χ1) is 11.3. The van der Waals surface area contributed by atoms with Gasteiger partial charge in [0.2, 0.25) is 0 Å². The molecule has 1 N–H and O–H groups in total. The standard InChI is InChI=1S/C18H26N4O/c1-4-10-22(11-5-2)18-12-17(20-14-21-18)19-13-15-6-8-16(23-3)9-7-15/h6-9,12,14H,4-5,10-11,13H2,1-3H3,(H,19,20,21). The third kappa shape index (κ3) is 5.13. The Morgan fingerprint density at radius 3 is 2.35 bits per heavy atom. The van der Waals surface area contributed by atoms with Gasteiger partial charge in [-0.05, 0) is 30.5 Å². The minimum atomic E-state index is 0.724. The largest absolute Gasteiger partial charge is 0.497 e. The lowest BCUT2D eigenvalue weighted by molar-refractivity contribution is 0.414. The van der Waals surface area contributed by atoms with E-state index in [1.807, 2.05) is 18.2 Å². The summed E-state index contributed by atoms with van der Waals surface area (Å²) in [5, 5.41) is 3.36. The Bertz CT molecular complexity index is 580. The Balaban J connectivity index is 2.00. The van der Waals surface area contributed by atoms with Gasteiger partial charge in [0, 0.05) is 25.7 Å². The second-order valence-corrected chi connectivity index (χ2v) is 5.45. The molecule has 1 aromatic carbocycles. The van der Waals surface area contributed by atoms with Gasteiger partial charge in [0.05, 0.1) is 7.11 Å². The van der Waals surface area contributed by atoms with E-state index in [0.29, 0.717) is 0 Å². The highest BCUT2D eigenvalue weighted by atomic mass is 16.5. The molecule has 5 heteroatoms. The molecule has 0 aliphatic carbocycles. The molecule has 5 nitrogen and oxygen atoms in total. The van der Waals surface area contributed by atoms with Gasteiger partial charge in [0.25, 0.3) is 0 Å². The van der Waals surface area contributed by atoms with Crippen molar-refractivity contribution in [3.05, 3.63) is 42.2 Å². The van der Waals surface area contributed by atoms with Crippen LogP contribution in [0.25, 0.3) is 0 Å². The number of benzene rings is 1. The summed E-state index contributed by atoms with van der Waals surface area (Å²) in [5.41, 5.74) is 1.19. The molecule has 0 saturated carbocycles. The van der Waals surface area contributed by atoms with Crippen LogP contribution in [-0.2, 0) is 6.54 Å². The van der Waals surface area contributed by atoms with Gasteiger partial charge >= 0.3 is 0 Å². The number of hydrogen-bond donors (Lipinski definition) is 1. The van der Waals surface area contributed by atoms with E-state index in [1.165, 1.54) is 5.56 Å². The minimum Gasteiger partial charge on any atom is -0.497 e. The average Bonchev–Trinajstić information content (AvgIpc) is 2.60. The van der Waals surface area contributed by atoms with Crippen molar-refractivity contribution in [2.45, 2.75) is 33.2 Å². The van der Waals surface area contributed by atoms with E-state index >= 15 is 0 Å². The van der Waals surface area contributed by atoms with Crippen molar-refractivity contribution in [3.63, 3.8) is 0 Å². The van der Waals surface area contributed by atoms with Gasteiger partial charge in [0.1, 0.15) is 23.7 Å². The molecular formula is C18H26N4O. The van der Waals surface area contributed by atoms with Gasteiger partial charge in [-0.25, -0.2) is 9.97 Å². The lowest BCUT2D eigenvalue weighted by Crippen LogP contribution is -2.26. The lowest BCUT2D eigenvalue weighted by atomic mass is 10.2. The van der Waals surface area contributed by atoms with E-state index in [4.69, 9.17) is 4.74 Å². The number of nitrogens with one attached hydrogen (secondary N) is 1. The molecule has 0 spiro atoms. The SMILES string of the molecule is CCCN(CCC)c1cc(NCc2ccc(OC)cc2)ncn1. The molecule has 0 atom stereocenters. The normalized spacial score (nSPS) is 10.4. The molecule has 1 aromatic heterocycles. The highest BCUT2D eigenvalue weighted by molar-refractivity contribution is 5.48. The summed E-state index contributed by atoms with van der Waals surface area (Å²) in [6.07, 6.45) is 3.85. The van der Waals surface area contributed by atoms with Crippen molar-refractivity contribution in [2.75, 3.05) is 30.4 Å². The molecule has 0 aliphatic rings. The van der Waals surface area contributed by atoms with Crippen LogP contribution in [0.2, 0.25) is 0 Å². The number of ether oxygens (including phenoxy) is 1. The number of anilines is 2. The molecule has 0 saturated heterocycles. The molecular weight excluding hydrogens is 288 g/mol. The Morgan fingerprint density at radius 2 is 1.74 bits per heavy atom. The van der Waals surface area contributed by atoms with Crippen LogP contribution in [0.5, 0.6) is 5.75 Å². The quantitative estimate of drug-likeness (QED) is 0.764. The molecule has 0 fully saturated rings. The first-order valence-electron chi connectivity index (χ1n) is 8.20. The second-order valence-electron chi connectivity index (χ2n) is 5.45. The van der Waals surface area contributed by atoms with Crippen LogP contribution in [0.15, 0.2) is 36.7 Å². The van der Waals surface area contributed by atoms with Crippen molar-refractivity contribution in [1.29, 1.82) is 0 Å². The zero-order chi connectivity index (χ0) is 16.5. The highest BCUT2D eigenvalue weighted by Gasteiger charge is 2.07. The zero-order valence-electron chi connectivity index (χ0n) is 14.2. The predicted molar refractivity (Wildman–Crippen MR) is 95.1 cm³/mol. The van der Waals surface area contributed by atoms with Gasteiger partial charge in [0.15, 0.2) is 0 Å². The molecule has 0 unspecified atom stereocenters. The Morgan fingerprint density at radius 1 is 1.04 bits per heavy atom. The molecule has 2 aromatic rings. The Kier molecular flexibility index (Phi) is 6.66. The molecule has 2 rings (SSSR count). The van der Waals surface area contributed by atoms with Gasteiger partial charge < -0.3 is 15.0 Å². The fourth-order valence-electron chi connectivity index (χ4n) is 2.43. The number of aromatic nitrogens is 2. The Hall–Kier alpha value is -2.30. The summed E-state index contributed by atoms with van der Waals surface area (Å²) in [6.45, 7) is 7.13. The Labute approximate surface area is 138 Å². The number of methoxy groups -OCH3 is 1. The predicted octanol–water partition coefficient (Wildman–Crippen LogP) is 3.72. The van der Waals surface area contributed by atoms with Crippen LogP contribution in [0.3, 0.4) is 0 Å². The van der Waals surface area contributed by atoms with Crippen molar-refractivity contribution < 1.29 is 4.74 Å². The van der Waals surface area contributed by atoms with Crippen LogP contribution in [0, 0.1) is 0 Å². The summed E-state index contributed by atoms with van der Waals surface area (Å²) in [5.74, 6) is 2.71.